The third-order valence-corrected chi connectivity index (χ3v) is 4.32. The van der Waals surface area contributed by atoms with Crippen LogP contribution >= 0.6 is 0 Å². The van der Waals surface area contributed by atoms with Gasteiger partial charge in [-0.25, -0.2) is 0 Å². The van der Waals surface area contributed by atoms with Crippen LogP contribution in [0.2, 0.25) is 0 Å². The van der Waals surface area contributed by atoms with E-state index in [-0.39, 0.29) is 23.9 Å². The molecule has 2 aliphatic heterocycles. The SMILES string of the molecule is CC(=O)Nc1ccn([C@@H]2CCN([C@@H]3CCN(C)C3=O)C2)n1. The molecule has 0 aliphatic carbocycles. The van der Waals surface area contributed by atoms with Crippen molar-refractivity contribution in [1.29, 1.82) is 0 Å². The number of anilines is 1. The molecule has 2 atom stereocenters. The number of likely N-dealkylation sites (N-methyl/N-ethyl adjacent to an activating group) is 1. The van der Waals surface area contributed by atoms with Crippen LogP contribution < -0.4 is 5.32 Å². The van der Waals surface area contributed by atoms with Crippen LogP contribution in [0.1, 0.15) is 25.8 Å². The van der Waals surface area contributed by atoms with E-state index in [9.17, 15) is 9.59 Å². The predicted octanol–water partition coefficient (Wildman–Crippen LogP) is 0.319. The maximum Gasteiger partial charge on any atom is 0.239 e. The Bertz CT molecular complexity index is 555. The Morgan fingerprint density at radius 1 is 1.38 bits per heavy atom. The van der Waals surface area contributed by atoms with E-state index < -0.39 is 0 Å². The molecular formula is C14H21N5O2. The first-order valence-electron chi connectivity index (χ1n) is 7.36. The lowest BCUT2D eigenvalue weighted by Gasteiger charge is -2.22. The zero-order chi connectivity index (χ0) is 15.0. The highest BCUT2D eigenvalue weighted by atomic mass is 16.2. The molecule has 0 unspecified atom stereocenters. The van der Waals surface area contributed by atoms with Crippen molar-refractivity contribution in [2.45, 2.75) is 31.8 Å². The number of aromatic nitrogens is 2. The van der Waals surface area contributed by atoms with Crippen molar-refractivity contribution in [3.8, 4) is 0 Å². The Hall–Kier alpha value is -1.89. The van der Waals surface area contributed by atoms with E-state index in [0.29, 0.717) is 5.82 Å². The quantitative estimate of drug-likeness (QED) is 0.870. The maximum absolute atomic E-state index is 12.1. The third-order valence-electron chi connectivity index (χ3n) is 4.32. The summed E-state index contributed by atoms with van der Waals surface area (Å²) in [6.07, 6.45) is 3.79. The van der Waals surface area contributed by atoms with Gasteiger partial charge >= 0.3 is 0 Å². The first-order valence-corrected chi connectivity index (χ1v) is 7.36. The number of rotatable bonds is 3. The van der Waals surface area contributed by atoms with Gasteiger partial charge in [-0.3, -0.25) is 19.2 Å². The van der Waals surface area contributed by atoms with Crippen molar-refractivity contribution < 1.29 is 9.59 Å². The van der Waals surface area contributed by atoms with E-state index in [1.54, 1.807) is 11.0 Å². The first-order chi connectivity index (χ1) is 10.0. The lowest BCUT2D eigenvalue weighted by Crippen LogP contribution is -2.39. The number of carbonyl (C=O) groups excluding carboxylic acids is 2. The standard InChI is InChI=1S/C14H21N5O2/c1-10(20)15-13-5-8-19(16-13)11-3-7-18(9-11)12-4-6-17(2)14(12)21/h5,8,11-12H,3-4,6-7,9H2,1-2H3,(H,15,16,20)/t11-,12-/m1/s1. The summed E-state index contributed by atoms with van der Waals surface area (Å²) >= 11 is 0. The van der Waals surface area contributed by atoms with E-state index in [4.69, 9.17) is 0 Å². The minimum absolute atomic E-state index is 0.0328. The molecule has 7 heteroatoms. The molecule has 3 rings (SSSR count). The molecule has 0 radical (unpaired) electrons. The summed E-state index contributed by atoms with van der Waals surface area (Å²) in [5.74, 6) is 0.695. The van der Waals surface area contributed by atoms with Gasteiger partial charge in [0, 0.05) is 45.9 Å². The number of nitrogens with zero attached hydrogens (tertiary/aromatic N) is 4. The number of hydrogen-bond acceptors (Lipinski definition) is 4. The molecule has 7 nitrogen and oxygen atoms in total. The number of likely N-dealkylation sites (tertiary alicyclic amines) is 2. The molecule has 0 saturated carbocycles. The normalized spacial score (nSPS) is 26.6. The molecule has 1 N–H and O–H groups in total. The molecule has 2 saturated heterocycles. The zero-order valence-electron chi connectivity index (χ0n) is 12.5. The fourth-order valence-corrected chi connectivity index (χ4v) is 3.20. The van der Waals surface area contributed by atoms with Crippen molar-refractivity contribution in [3.05, 3.63) is 12.3 Å². The summed E-state index contributed by atoms with van der Waals surface area (Å²) in [5.41, 5.74) is 0. The van der Waals surface area contributed by atoms with Gasteiger partial charge in [0.1, 0.15) is 0 Å². The van der Waals surface area contributed by atoms with Crippen LogP contribution in [0, 0.1) is 0 Å². The van der Waals surface area contributed by atoms with Crippen molar-refractivity contribution >= 4 is 17.6 Å². The summed E-state index contributed by atoms with van der Waals surface area (Å²) in [6.45, 7) is 4.08. The fraction of sp³-hybridized carbons (Fsp3) is 0.643. The summed E-state index contributed by atoms with van der Waals surface area (Å²) in [4.78, 5) is 27.2. The van der Waals surface area contributed by atoms with Crippen molar-refractivity contribution in [2.24, 2.45) is 0 Å². The molecule has 1 aromatic rings. The minimum Gasteiger partial charge on any atom is -0.344 e. The highest BCUT2D eigenvalue weighted by Crippen LogP contribution is 2.27. The van der Waals surface area contributed by atoms with Crippen LogP contribution in [0.25, 0.3) is 0 Å². The minimum atomic E-state index is -0.118. The van der Waals surface area contributed by atoms with Crippen LogP contribution in [0.4, 0.5) is 5.82 Å². The molecule has 2 aliphatic rings. The van der Waals surface area contributed by atoms with Gasteiger partial charge < -0.3 is 10.2 Å². The lowest BCUT2D eigenvalue weighted by atomic mass is 10.2. The Morgan fingerprint density at radius 3 is 2.86 bits per heavy atom. The summed E-state index contributed by atoms with van der Waals surface area (Å²) < 4.78 is 1.90. The largest absolute Gasteiger partial charge is 0.344 e. The molecule has 0 aromatic carbocycles. The number of amides is 2. The van der Waals surface area contributed by atoms with Gasteiger partial charge in [-0.2, -0.15) is 5.10 Å². The van der Waals surface area contributed by atoms with Crippen LogP contribution in [-0.2, 0) is 9.59 Å². The smallest absolute Gasteiger partial charge is 0.239 e. The second-order valence-corrected chi connectivity index (χ2v) is 5.86. The monoisotopic (exact) mass is 291 g/mol. The van der Waals surface area contributed by atoms with Gasteiger partial charge in [0.2, 0.25) is 11.8 Å². The average molecular weight is 291 g/mol. The van der Waals surface area contributed by atoms with Crippen LogP contribution in [0.5, 0.6) is 0 Å². The second-order valence-electron chi connectivity index (χ2n) is 5.86. The summed E-state index contributed by atoms with van der Waals surface area (Å²) in [5, 5.41) is 7.07. The van der Waals surface area contributed by atoms with E-state index in [2.05, 4.69) is 15.3 Å². The maximum atomic E-state index is 12.1. The summed E-state index contributed by atoms with van der Waals surface area (Å²) in [6, 6.07) is 2.11. The van der Waals surface area contributed by atoms with Gasteiger partial charge in [-0.15, -0.1) is 0 Å². The van der Waals surface area contributed by atoms with Crippen molar-refractivity contribution in [3.63, 3.8) is 0 Å². The zero-order valence-corrected chi connectivity index (χ0v) is 12.5. The highest BCUT2D eigenvalue weighted by molar-refractivity contribution is 5.87. The Balaban J connectivity index is 1.63. The number of carbonyl (C=O) groups is 2. The molecule has 114 valence electrons. The van der Waals surface area contributed by atoms with Crippen LogP contribution in [-0.4, -0.2) is 64.1 Å². The van der Waals surface area contributed by atoms with Gasteiger partial charge in [-0.1, -0.05) is 0 Å². The Labute approximate surface area is 123 Å². The first kappa shape index (κ1) is 14.1. The topological polar surface area (TPSA) is 70.5 Å². The Kier molecular flexibility index (Phi) is 3.67. The predicted molar refractivity (Wildman–Crippen MR) is 77.8 cm³/mol. The van der Waals surface area contributed by atoms with Crippen LogP contribution in [0.15, 0.2) is 12.3 Å². The molecule has 21 heavy (non-hydrogen) atoms. The van der Waals surface area contributed by atoms with E-state index in [0.717, 1.165) is 32.5 Å². The summed E-state index contributed by atoms with van der Waals surface area (Å²) in [7, 11) is 1.86. The number of hydrogen-bond donors (Lipinski definition) is 1. The van der Waals surface area contributed by atoms with E-state index in [1.807, 2.05) is 17.9 Å². The van der Waals surface area contributed by atoms with E-state index >= 15 is 0 Å². The van der Waals surface area contributed by atoms with Crippen molar-refractivity contribution in [2.75, 3.05) is 32.0 Å². The molecule has 1 aromatic heterocycles. The molecule has 3 heterocycles. The Morgan fingerprint density at radius 2 is 2.19 bits per heavy atom. The fourth-order valence-electron chi connectivity index (χ4n) is 3.20. The van der Waals surface area contributed by atoms with E-state index in [1.165, 1.54) is 6.92 Å². The van der Waals surface area contributed by atoms with Crippen LogP contribution in [0.3, 0.4) is 0 Å². The lowest BCUT2D eigenvalue weighted by molar-refractivity contribution is -0.130. The molecule has 0 bridgehead atoms. The molecule has 2 fully saturated rings. The third kappa shape index (κ3) is 2.78. The van der Waals surface area contributed by atoms with Crippen molar-refractivity contribution in [1.82, 2.24) is 19.6 Å². The second kappa shape index (κ2) is 5.48. The van der Waals surface area contributed by atoms with Gasteiger partial charge in [0.15, 0.2) is 5.82 Å². The molecule has 2 amide bonds. The van der Waals surface area contributed by atoms with Gasteiger partial charge in [0.25, 0.3) is 0 Å². The van der Waals surface area contributed by atoms with Gasteiger partial charge in [0.05, 0.1) is 12.1 Å². The van der Waals surface area contributed by atoms with Gasteiger partial charge in [-0.05, 0) is 12.8 Å². The molecule has 0 spiro atoms. The molecular weight excluding hydrogens is 270 g/mol. The highest BCUT2D eigenvalue weighted by Gasteiger charge is 2.38. The average Bonchev–Trinajstić information content (AvgIpc) is 3.11. The number of nitrogens with one attached hydrogen (secondary N) is 1.